The van der Waals surface area contributed by atoms with Crippen LogP contribution in [0.1, 0.15) is 24.8 Å². The van der Waals surface area contributed by atoms with Gasteiger partial charge < -0.3 is 10.1 Å². The van der Waals surface area contributed by atoms with Crippen LogP contribution in [0.25, 0.3) is 0 Å². The summed E-state index contributed by atoms with van der Waals surface area (Å²) in [6.45, 7) is 1.81. The summed E-state index contributed by atoms with van der Waals surface area (Å²) in [7, 11) is 0. The van der Waals surface area contributed by atoms with Crippen molar-refractivity contribution in [1.29, 1.82) is 0 Å². The Morgan fingerprint density at radius 3 is 2.88 bits per heavy atom. The fourth-order valence-corrected chi connectivity index (χ4v) is 2.02. The van der Waals surface area contributed by atoms with E-state index in [1.54, 1.807) is 0 Å². The molecule has 2 nitrogen and oxygen atoms in total. The molecule has 0 bridgehead atoms. The molecule has 1 aromatic carbocycles. The van der Waals surface area contributed by atoms with Crippen molar-refractivity contribution in [2.75, 3.05) is 13.2 Å². The molecular weight excluding hydrogens is 224 g/mol. The highest BCUT2D eigenvalue weighted by atomic mass is 19.1. The molecular formula is C13H17F2NO. The molecule has 0 saturated carbocycles. The molecule has 1 heterocycles. The molecule has 1 aromatic rings. The minimum atomic E-state index is -0.555. The number of ether oxygens (including phenoxy) is 1. The second-order valence-corrected chi connectivity index (χ2v) is 4.40. The first-order valence-corrected chi connectivity index (χ1v) is 6.01. The summed E-state index contributed by atoms with van der Waals surface area (Å²) in [5.41, 5.74) is 0.405. The van der Waals surface area contributed by atoms with E-state index in [0.717, 1.165) is 19.0 Å². The van der Waals surface area contributed by atoms with E-state index in [1.807, 2.05) is 0 Å². The van der Waals surface area contributed by atoms with Gasteiger partial charge in [-0.15, -0.1) is 0 Å². The van der Waals surface area contributed by atoms with Crippen molar-refractivity contribution in [2.45, 2.75) is 31.9 Å². The minimum Gasteiger partial charge on any atom is -0.375 e. The van der Waals surface area contributed by atoms with Crippen molar-refractivity contribution in [3.05, 3.63) is 35.4 Å². The van der Waals surface area contributed by atoms with Gasteiger partial charge in [-0.25, -0.2) is 8.78 Å². The Labute approximate surface area is 100.0 Å². The highest BCUT2D eigenvalue weighted by molar-refractivity contribution is 5.17. The highest BCUT2D eigenvalue weighted by Crippen LogP contribution is 2.12. The molecule has 1 saturated heterocycles. The Balaban J connectivity index is 1.77. The summed E-state index contributed by atoms with van der Waals surface area (Å²) >= 11 is 0. The Kier molecular flexibility index (Phi) is 4.45. The zero-order valence-corrected chi connectivity index (χ0v) is 9.72. The first kappa shape index (κ1) is 12.5. The third-order valence-corrected chi connectivity index (χ3v) is 3.00. The second kappa shape index (κ2) is 6.07. The molecule has 1 fully saturated rings. The van der Waals surface area contributed by atoms with Crippen LogP contribution in [0.4, 0.5) is 8.78 Å². The lowest BCUT2D eigenvalue weighted by Crippen LogP contribution is -2.37. The van der Waals surface area contributed by atoms with E-state index in [9.17, 15) is 8.78 Å². The van der Waals surface area contributed by atoms with E-state index in [1.165, 1.54) is 25.0 Å². The molecule has 17 heavy (non-hydrogen) atoms. The number of rotatable bonds is 4. The third kappa shape index (κ3) is 3.75. The summed E-state index contributed by atoms with van der Waals surface area (Å²) in [6, 6.07) is 3.93. The predicted octanol–water partition coefficient (Wildman–Crippen LogP) is 2.62. The standard InChI is InChI=1S/C13H17F2NO/c14-11-5-4-10(13(15)7-11)8-17-9-12-3-1-2-6-16-12/h4-5,7,12,16H,1-3,6,8-9H2. The van der Waals surface area contributed by atoms with Crippen molar-refractivity contribution in [3.8, 4) is 0 Å². The Hall–Kier alpha value is -1.00. The Morgan fingerprint density at radius 1 is 1.29 bits per heavy atom. The average Bonchev–Trinajstić information content (AvgIpc) is 2.33. The number of nitrogens with one attached hydrogen (secondary N) is 1. The molecule has 0 radical (unpaired) electrons. The zero-order valence-electron chi connectivity index (χ0n) is 9.72. The van der Waals surface area contributed by atoms with Gasteiger partial charge in [0.25, 0.3) is 0 Å². The molecule has 94 valence electrons. The van der Waals surface area contributed by atoms with Crippen LogP contribution >= 0.6 is 0 Å². The maximum atomic E-state index is 13.3. The average molecular weight is 241 g/mol. The molecule has 4 heteroatoms. The van der Waals surface area contributed by atoms with Gasteiger partial charge in [-0.2, -0.15) is 0 Å². The van der Waals surface area contributed by atoms with Crippen molar-refractivity contribution in [3.63, 3.8) is 0 Å². The zero-order chi connectivity index (χ0) is 12.1. The molecule has 1 N–H and O–H groups in total. The Bertz CT molecular complexity index is 364. The van der Waals surface area contributed by atoms with Crippen LogP contribution in [-0.2, 0) is 11.3 Å². The van der Waals surface area contributed by atoms with Crippen molar-refractivity contribution >= 4 is 0 Å². The van der Waals surface area contributed by atoms with Crippen LogP contribution in [0.15, 0.2) is 18.2 Å². The van der Waals surface area contributed by atoms with E-state index >= 15 is 0 Å². The molecule has 0 aliphatic carbocycles. The highest BCUT2D eigenvalue weighted by Gasteiger charge is 2.12. The van der Waals surface area contributed by atoms with Gasteiger partial charge in [0, 0.05) is 17.7 Å². The predicted molar refractivity (Wildman–Crippen MR) is 61.7 cm³/mol. The maximum absolute atomic E-state index is 13.3. The molecule has 2 rings (SSSR count). The molecule has 1 unspecified atom stereocenters. The smallest absolute Gasteiger partial charge is 0.131 e. The minimum absolute atomic E-state index is 0.199. The summed E-state index contributed by atoms with van der Waals surface area (Å²) in [6.07, 6.45) is 3.53. The lowest BCUT2D eigenvalue weighted by atomic mass is 10.1. The van der Waals surface area contributed by atoms with Crippen molar-refractivity contribution < 1.29 is 13.5 Å². The monoisotopic (exact) mass is 241 g/mol. The first-order chi connectivity index (χ1) is 8.25. The van der Waals surface area contributed by atoms with Gasteiger partial charge in [0.05, 0.1) is 13.2 Å². The summed E-state index contributed by atoms with van der Waals surface area (Å²) in [4.78, 5) is 0. The largest absolute Gasteiger partial charge is 0.375 e. The molecule has 1 atom stereocenters. The van der Waals surface area contributed by atoms with E-state index in [2.05, 4.69) is 5.32 Å². The summed E-state index contributed by atoms with van der Waals surface area (Å²) in [5.74, 6) is -1.10. The summed E-state index contributed by atoms with van der Waals surface area (Å²) < 4.78 is 31.4. The number of benzene rings is 1. The first-order valence-electron chi connectivity index (χ1n) is 6.01. The Morgan fingerprint density at radius 2 is 2.18 bits per heavy atom. The lowest BCUT2D eigenvalue weighted by Gasteiger charge is -2.23. The molecule has 0 amide bonds. The van der Waals surface area contributed by atoms with Crippen molar-refractivity contribution in [1.82, 2.24) is 5.32 Å². The van der Waals surface area contributed by atoms with E-state index in [0.29, 0.717) is 18.2 Å². The van der Waals surface area contributed by atoms with Crippen LogP contribution in [0.5, 0.6) is 0 Å². The van der Waals surface area contributed by atoms with Gasteiger partial charge in [-0.3, -0.25) is 0 Å². The van der Waals surface area contributed by atoms with E-state index in [-0.39, 0.29) is 6.61 Å². The normalized spacial score (nSPS) is 20.5. The molecule has 1 aliphatic heterocycles. The van der Waals surface area contributed by atoms with Crippen molar-refractivity contribution in [2.24, 2.45) is 0 Å². The maximum Gasteiger partial charge on any atom is 0.131 e. The number of halogens is 2. The second-order valence-electron chi connectivity index (χ2n) is 4.40. The van der Waals surface area contributed by atoms with Crippen LogP contribution in [-0.4, -0.2) is 19.2 Å². The fourth-order valence-electron chi connectivity index (χ4n) is 2.02. The van der Waals surface area contributed by atoms with Crippen LogP contribution in [0.3, 0.4) is 0 Å². The quantitative estimate of drug-likeness (QED) is 0.875. The molecule has 0 spiro atoms. The van der Waals surface area contributed by atoms with Crippen LogP contribution in [0.2, 0.25) is 0 Å². The molecule has 1 aliphatic rings. The van der Waals surface area contributed by atoms with E-state index < -0.39 is 11.6 Å². The van der Waals surface area contributed by atoms with Gasteiger partial charge >= 0.3 is 0 Å². The van der Waals surface area contributed by atoms with Gasteiger partial charge in [0.2, 0.25) is 0 Å². The summed E-state index contributed by atoms with van der Waals surface area (Å²) in [5, 5.41) is 3.35. The topological polar surface area (TPSA) is 21.3 Å². The third-order valence-electron chi connectivity index (χ3n) is 3.00. The van der Waals surface area contributed by atoms with E-state index in [4.69, 9.17) is 4.74 Å². The van der Waals surface area contributed by atoms with Gasteiger partial charge in [-0.05, 0) is 25.5 Å². The SMILES string of the molecule is Fc1ccc(COCC2CCCCN2)c(F)c1. The fraction of sp³-hybridized carbons (Fsp3) is 0.538. The van der Waals surface area contributed by atoms with Crippen LogP contribution < -0.4 is 5.32 Å². The van der Waals surface area contributed by atoms with Crippen LogP contribution in [0, 0.1) is 11.6 Å². The molecule has 0 aromatic heterocycles. The number of hydrogen-bond donors (Lipinski definition) is 1. The number of piperidine rings is 1. The van der Waals surface area contributed by atoms with Gasteiger partial charge in [0.15, 0.2) is 0 Å². The number of hydrogen-bond acceptors (Lipinski definition) is 2. The lowest BCUT2D eigenvalue weighted by molar-refractivity contribution is 0.0892. The van der Waals surface area contributed by atoms with Gasteiger partial charge in [0.1, 0.15) is 11.6 Å². The van der Waals surface area contributed by atoms with Gasteiger partial charge in [-0.1, -0.05) is 12.5 Å².